The highest BCUT2D eigenvalue weighted by atomic mass is 32.2. The molecular formula is C9H19NO2S. The molecule has 0 aromatic rings. The number of hydrogen-bond acceptors (Lipinski definition) is 3. The number of hydrogen-bond donors (Lipinski definition) is 0. The minimum absolute atomic E-state index is 0.0750. The van der Waals surface area contributed by atoms with Crippen molar-refractivity contribution in [2.75, 3.05) is 12.5 Å². The smallest absolute Gasteiger partial charge is 0.221 e. The van der Waals surface area contributed by atoms with Crippen LogP contribution in [0.5, 0.6) is 0 Å². The van der Waals surface area contributed by atoms with Gasteiger partial charge in [-0.2, -0.15) is 0 Å². The Balaban J connectivity index is 3.88. The average Bonchev–Trinajstić information content (AvgIpc) is 2.11. The molecule has 3 nitrogen and oxygen atoms in total. The van der Waals surface area contributed by atoms with E-state index in [0.717, 1.165) is 12.2 Å². The summed E-state index contributed by atoms with van der Waals surface area (Å²) in [6.07, 6.45) is 0.958. The topological polar surface area (TPSA) is 29.5 Å². The van der Waals surface area contributed by atoms with Crippen LogP contribution in [0.2, 0.25) is 0 Å². The maximum atomic E-state index is 11.2. The molecule has 0 aliphatic carbocycles. The number of amides is 1. The first kappa shape index (κ1) is 12.8. The predicted molar refractivity (Wildman–Crippen MR) is 56.4 cm³/mol. The average molecular weight is 205 g/mol. The van der Waals surface area contributed by atoms with Gasteiger partial charge < -0.3 is 4.90 Å². The minimum Gasteiger partial charge on any atom is -0.316 e. The number of rotatable bonds is 6. The standard InChI is InChI=1S/C9H19NO2S/c1-5-8(3)10(9(4)11)7-12-13-6-2/h8H,5-7H2,1-4H3. The van der Waals surface area contributed by atoms with Crippen LogP contribution in [0, 0.1) is 0 Å². The summed E-state index contributed by atoms with van der Waals surface area (Å²) in [6.45, 7) is 8.08. The second kappa shape index (κ2) is 7.21. The molecule has 0 radical (unpaired) electrons. The largest absolute Gasteiger partial charge is 0.316 e. The van der Waals surface area contributed by atoms with Crippen molar-refractivity contribution in [1.82, 2.24) is 4.90 Å². The highest BCUT2D eigenvalue weighted by molar-refractivity contribution is 7.94. The Morgan fingerprint density at radius 2 is 2.15 bits per heavy atom. The molecule has 0 rings (SSSR count). The van der Waals surface area contributed by atoms with Crippen LogP contribution >= 0.6 is 12.0 Å². The van der Waals surface area contributed by atoms with Crippen molar-refractivity contribution in [1.29, 1.82) is 0 Å². The predicted octanol–water partition coefficient (Wildman–Crippen LogP) is 2.28. The Morgan fingerprint density at radius 3 is 2.54 bits per heavy atom. The molecule has 0 saturated heterocycles. The molecule has 0 heterocycles. The highest BCUT2D eigenvalue weighted by Gasteiger charge is 2.14. The van der Waals surface area contributed by atoms with Crippen molar-refractivity contribution in [2.24, 2.45) is 0 Å². The van der Waals surface area contributed by atoms with Crippen LogP contribution in [0.4, 0.5) is 0 Å². The third-order valence-electron chi connectivity index (χ3n) is 1.92. The number of carbonyl (C=O) groups excluding carboxylic acids is 1. The van der Waals surface area contributed by atoms with Gasteiger partial charge in [0.25, 0.3) is 0 Å². The first-order valence-electron chi connectivity index (χ1n) is 4.65. The molecule has 13 heavy (non-hydrogen) atoms. The first-order valence-corrected chi connectivity index (χ1v) is 5.56. The first-order chi connectivity index (χ1) is 6.13. The molecule has 0 N–H and O–H groups in total. The van der Waals surface area contributed by atoms with E-state index < -0.39 is 0 Å². The van der Waals surface area contributed by atoms with Gasteiger partial charge in [0.1, 0.15) is 6.73 Å². The molecule has 78 valence electrons. The van der Waals surface area contributed by atoms with Gasteiger partial charge in [0.2, 0.25) is 5.91 Å². The normalized spacial score (nSPS) is 12.6. The fraction of sp³-hybridized carbons (Fsp3) is 0.889. The van der Waals surface area contributed by atoms with Gasteiger partial charge in [-0.15, -0.1) is 0 Å². The molecule has 0 aromatic carbocycles. The van der Waals surface area contributed by atoms with E-state index >= 15 is 0 Å². The van der Waals surface area contributed by atoms with E-state index in [1.807, 2.05) is 13.8 Å². The van der Waals surface area contributed by atoms with Gasteiger partial charge >= 0.3 is 0 Å². The molecule has 0 aliphatic heterocycles. The Bertz CT molecular complexity index is 153. The van der Waals surface area contributed by atoms with E-state index in [2.05, 4.69) is 6.92 Å². The summed E-state index contributed by atoms with van der Waals surface area (Å²) in [7, 11) is 0. The fourth-order valence-electron chi connectivity index (χ4n) is 0.926. The summed E-state index contributed by atoms with van der Waals surface area (Å²) >= 11 is 1.39. The molecule has 4 heteroatoms. The van der Waals surface area contributed by atoms with Gasteiger partial charge in [-0.05, 0) is 25.4 Å². The Labute approximate surface area is 85.0 Å². The van der Waals surface area contributed by atoms with E-state index in [1.165, 1.54) is 12.0 Å². The lowest BCUT2D eigenvalue weighted by Gasteiger charge is -2.26. The lowest BCUT2D eigenvalue weighted by Crippen LogP contribution is -2.37. The monoisotopic (exact) mass is 205 g/mol. The maximum Gasteiger partial charge on any atom is 0.221 e. The van der Waals surface area contributed by atoms with Gasteiger partial charge in [0.05, 0.1) is 0 Å². The lowest BCUT2D eigenvalue weighted by molar-refractivity contribution is -0.133. The van der Waals surface area contributed by atoms with Crippen LogP contribution < -0.4 is 0 Å². The molecule has 0 fully saturated rings. The van der Waals surface area contributed by atoms with Crippen molar-refractivity contribution in [3.8, 4) is 0 Å². The zero-order chi connectivity index (χ0) is 10.3. The zero-order valence-electron chi connectivity index (χ0n) is 8.87. The van der Waals surface area contributed by atoms with Crippen molar-refractivity contribution in [3.05, 3.63) is 0 Å². The van der Waals surface area contributed by atoms with Crippen LogP contribution in [0.3, 0.4) is 0 Å². The van der Waals surface area contributed by atoms with E-state index in [1.54, 1.807) is 11.8 Å². The molecule has 0 saturated carbocycles. The fourth-order valence-corrected chi connectivity index (χ4v) is 1.28. The van der Waals surface area contributed by atoms with Crippen LogP contribution in [0.15, 0.2) is 0 Å². The van der Waals surface area contributed by atoms with E-state index in [-0.39, 0.29) is 11.9 Å². The quantitative estimate of drug-likeness (QED) is 0.378. The van der Waals surface area contributed by atoms with Gasteiger partial charge in [-0.25, -0.2) is 0 Å². The zero-order valence-corrected chi connectivity index (χ0v) is 9.69. The summed E-state index contributed by atoms with van der Waals surface area (Å²) in [6, 6.07) is 0.259. The highest BCUT2D eigenvalue weighted by Crippen LogP contribution is 2.08. The third kappa shape index (κ3) is 5.16. The molecule has 0 aromatic heterocycles. The van der Waals surface area contributed by atoms with Crippen LogP contribution in [0.1, 0.15) is 34.1 Å². The van der Waals surface area contributed by atoms with Crippen molar-refractivity contribution in [2.45, 2.75) is 40.2 Å². The second-order valence-corrected chi connectivity index (χ2v) is 3.95. The summed E-state index contributed by atoms with van der Waals surface area (Å²) < 4.78 is 5.25. The van der Waals surface area contributed by atoms with Crippen molar-refractivity contribution >= 4 is 17.9 Å². The van der Waals surface area contributed by atoms with E-state index in [9.17, 15) is 4.79 Å². The van der Waals surface area contributed by atoms with Gasteiger partial charge in [0, 0.05) is 18.7 Å². The summed E-state index contributed by atoms with van der Waals surface area (Å²) in [4.78, 5) is 12.9. The summed E-state index contributed by atoms with van der Waals surface area (Å²) in [5.41, 5.74) is 0. The van der Waals surface area contributed by atoms with Crippen LogP contribution in [-0.2, 0) is 8.98 Å². The SMILES string of the molecule is CCSOCN(C(C)=O)C(C)CC. The van der Waals surface area contributed by atoms with Gasteiger partial charge in [-0.3, -0.25) is 8.98 Å². The molecule has 0 spiro atoms. The molecule has 1 amide bonds. The Hall–Kier alpha value is -0.220. The van der Waals surface area contributed by atoms with E-state index in [0.29, 0.717) is 6.73 Å². The second-order valence-electron chi connectivity index (χ2n) is 2.90. The molecule has 1 unspecified atom stereocenters. The minimum atomic E-state index is 0.0750. The summed E-state index contributed by atoms with van der Waals surface area (Å²) in [5, 5.41) is 0. The van der Waals surface area contributed by atoms with Crippen LogP contribution in [0.25, 0.3) is 0 Å². The molecule has 0 aliphatic rings. The Kier molecular flexibility index (Phi) is 7.09. The van der Waals surface area contributed by atoms with Gasteiger partial charge in [-0.1, -0.05) is 13.8 Å². The van der Waals surface area contributed by atoms with Gasteiger partial charge in [0.15, 0.2) is 0 Å². The Morgan fingerprint density at radius 1 is 1.54 bits per heavy atom. The van der Waals surface area contributed by atoms with Crippen LogP contribution in [-0.4, -0.2) is 29.3 Å². The third-order valence-corrected chi connectivity index (χ3v) is 2.43. The van der Waals surface area contributed by atoms with Crippen molar-refractivity contribution < 1.29 is 8.98 Å². The number of nitrogens with zero attached hydrogens (tertiary/aromatic N) is 1. The lowest BCUT2D eigenvalue weighted by atomic mass is 10.2. The summed E-state index contributed by atoms with van der Waals surface area (Å²) in [5.74, 6) is 0.984. The molecular weight excluding hydrogens is 186 g/mol. The van der Waals surface area contributed by atoms with E-state index in [4.69, 9.17) is 4.18 Å². The number of carbonyl (C=O) groups is 1. The van der Waals surface area contributed by atoms with Crippen molar-refractivity contribution in [3.63, 3.8) is 0 Å². The molecule has 0 bridgehead atoms. The molecule has 1 atom stereocenters. The maximum absolute atomic E-state index is 11.2.